The normalized spacial score (nSPS) is 14.7. The van der Waals surface area contributed by atoms with E-state index < -0.39 is 174 Å². The first-order valence-corrected chi connectivity index (χ1v) is 37.1. The van der Waals surface area contributed by atoms with Crippen LogP contribution in [-0.4, -0.2) is 208 Å². The molecular formula is C70H111N21O15S. The molecule has 0 unspecified atom stereocenters. The summed E-state index contributed by atoms with van der Waals surface area (Å²) in [5.74, 6) is -13.9. The smallest absolute Gasteiger partial charge is 0.326 e. The summed E-state index contributed by atoms with van der Waals surface area (Å²) in [6, 6.07) is -0.0489. The van der Waals surface area contributed by atoms with Crippen molar-refractivity contribution in [1.82, 2.24) is 68.5 Å². The molecule has 0 spiro atoms. The van der Waals surface area contributed by atoms with Crippen molar-refractivity contribution in [2.45, 2.75) is 210 Å². The van der Waals surface area contributed by atoms with Crippen molar-refractivity contribution in [1.29, 1.82) is 0 Å². The fourth-order valence-electron chi connectivity index (χ4n) is 10.9. The zero-order chi connectivity index (χ0) is 79.7. The summed E-state index contributed by atoms with van der Waals surface area (Å²) in [6.45, 7) is 8.52. The Balaban J connectivity index is 1.99. The van der Waals surface area contributed by atoms with E-state index in [0.717, 1.165) is 0 Å². The molecule has 0 saturated heterocycles. The first-order valence-electron chi connectivity index (χ1n) is 35.7. The molecule has 0 bridgehead atoms. The molecule has 1 aromatic heterocycles. The minimum atomic E-state index is -1.85. The van der Waals surface area contributed by atoms with Gasteiger partial charge in [-0.2, -0.15) is 11.8 Å². The van der Waals surface area contributed by atoms with Gasteiger partial charge in [0.15, 0.2) is 5.96 Å². The first kappa shape index (κ1) is 90.9. The third-order valence-electron chi connectivity index (χ3n) is 17.3. The Morgan fingerprint density at radius 1 is 0.486 bits per heavy atom. The molecule has 27 N–H and O–H groups in total. The molecule has 1 heterocycles. The molecule has 0 aliphatic rings. The fourth-order valence-corrected chi connectivity index (χ4v) is 11.4. The third-order valence-corrected chi connectivity index (χ3v) is 17.9. The molecule has 13 amide bonds. The Kier molecular flexibility index (Phi) is 41.4. The van der Waals surface area contributed by atoms with E-state index in [1.54, 1.807) is 94.6 Å². The molecule has 13 atom stereocenters. The highest BCUT2D eigenvalue weighted by molar-refractivity contribution is 7.98. The highest BCUT2D eigenvalue weighted by atomic mass is 32.2. The van der Waals surface area contributed by atoms with Crippen LogP contribution in [0.15, 0.2) is 78.2 Å². The summed E-state index contributed by atoms with van der Waals surface area (Å²) in [6.07, 6.45) is 4.60. The maximum absolute atomic E-state index is 14.9. The van der Waals surface area contributed by atoms with Crippen LogP contribution in [0.1, 0.15) is 135 Å². The number of aliphatic carboxylic acids is 1. The lowest BCUT2D eigenvalue weighted by Gasteiger charge is -2.30. The van der Waals surface area contributed by atoms with Crippen LogP contribution < -0.4 is 98.6 Å². The standard InChI is InChI=1S/C70H111N21O15S/c1-7-40(4)57(91-66(102)51(34-43-21-12-9-13-22-43)88-67(103)56(39(2)3)90-58(94)41(5)81-60(96)48(28-32-107-6)82-59(95)45(73)26-27-54(74)92)68(104)89-52(35-44-37-78-38-80-44)64(100)87-53(36-55(75)93)65(101)86-50(33-42-19-10-8-11-20-42)63(99)84-46(23-14-16-29-71)61(97)83-47(25-18-31-79-70(76)77)62(98)85-49(69(105)106)24-15-17-30-72/h8-13,19-22,37-41,45-53,56-57H,7,14-18,23-36,71-73H2,1-6H3,(H2,74,92)(H2,75,93)(H,78,80)(H,81,96)(H,82,95)(H,83,97)(H,84,99)(H,85,98)(H,86,101)(H,87,100)(H,88,103)(H,89,104)(H,90,94)(H,91,102)(H,105,106)(H4,76,77,79)/t40-,41-,45-,46-,47-,48-,49-,50-,51-,52-,53-,56-,57-/m0/s1. The second kappa shape index (κ2) is 48.8. The van der Waals surface area contributed by atoms with Gasteiger partial charge in [0.25, 0.3) is 0 Å². The summed E-state index contributed by atoms with van der Waals surface area (Å²) in [5, 5.41) is 38.9. The van der Waals surface area contributed by atoms with Gasteiger partial charge in [-0.05, 0) is 119 Å². The molecule has 2 aromatic carbocycles. The number of rotatable bonds is 52. The Morgan fingerprint density at radius 3 is 1.39 bits per heavy atom. The first-order chi connectivity index (χ1) is 50.8. The monoisotopic (exact) mass is 1520 g/mol. The van der Waals surface area contributed by atoms with Crippen molar-refractivity contribution in [2.75, 3.05) is 31.6 Å². The number of carboxylic acid groups (broad SMARTS) is 1. The number of guanidine groups is 1. The third kappa shape index (κ3) is 34.2. The summed E-state index contributed by atoms with van der Waals surface area (Å²) < 4.78 is 0. The summed E-state index contributed by atoms with van der Waals surface area (Å²) in [5.41, 5.74) is 40.7. The van der Waals surface area contributed by atoms with Gasteiger partial charge >= 0.3 is 5.97 Å². The van der Waals surface area contributed by atoms with E-state index in [9.17, 15) is 72.2 Å². The van der Waals surface area contributed by atoms with E-state index in [1.165, 1.54) is 31.2 Å². The number of thioether (sulfide) groups is 1. The molecular weight excluding hydrogens is 1410 g/mol. The molecule has 0 aliphatic carbocycles. The lowest BCUT2D eigenvalue weighted by molar-refractivity contribution is -0.142. The highest BCUT2D eigenvalue weighted by Crippen LogP contribution is 2.16. The lowest BCUT2D eigenvalue weighted by atomic mass is 9.96. The molecule has 3 aromatic rings. The van der Waals surface area contributed by atoms with Crippen molar-refractivity contribution in [2.24, 2.45) is 57.0 Å². The zero-order valence-electron chi connectivity index (χ0n) is 61.7. The summed E-state index contributed by atoms with van der Waals surface area (Å²) >= 11 is 1.39. The summed E-state index contributed by atoms with van der Waals surface area (Å²) in [4.78, 5) is 204. The number of hydrogen-bond donors (Lipinski definition) is 20. The summed E-state index contributed by atoms with van der Waals surface area (Å²) in [7, 11) is 0. The highest BCUT2D eigenvalue weighted by Gasteiger charge is 2.39. The number of primary amides is 2. The van der Waals surface area contributed by atoms with Crippen LogP contribution in [0, 0.1) is 11.8 Å². The number of aromatic nitrogens is 2. The Hall–Kier alpha value is -10.3. The van der Waals surface area contributed by atoms with Crippen LogP contribution in [0.3, 0.4) is 0 Å². The molecule has 37 heteroatoms. The van der Waals surface area contributed by atoms with Crippen molar-refractivity contribution in [3.05, 3.63) is 90.0 Å². The van der Waals surface area contributed by atoms with E-state index in [1.807, 2.05) is 0 Å². The van der Waals surface area contributed by atoms with Gasteiger partial charge in [0.1, 0.15) is 66.5 Å². The lowest BCUT2D eigenvalue weighted by Crippen LogP contribution is -2.62. The van der Waals surface area contributed by atoms with Crippen molar-refractivity contribution < 1.29 is 72.2 Å². The minimum absolute atomic E-state index is 0.0311. The van der Waals surface area contributed by atoms with Crippen molar-refractivity contribution in [3.8, 4) is 0 Å². The molecule has 0 aliphatic heterocycles. The van der Waals surface area contributed by atoms with Crippen LogP contribution in [-0.2, 0) is 86.4 Å². The van der Waals surface area contributed by atoms with Crippen molar-refractivity contribution in [3.63, 3.8) is 0 Å². The number of carbonyl (C=O) groups excluding carboxylic acids is 13. The van der Waals surface area contributed by atoms with Crippen LogP contribution in [0.5, 0.6) is 0 Å². The maximum Gasteiger partial charge on any atom is 0.326 e. The predicted molar refractivity (Wildman–Crippen MR) is 400 cm³/mol. The zero-order valence-corrected chi connectivity index (χ0v) is 62.5. The van der Waals surface area contributed by atoms with Gasteiger partial charge in [-0.3, -0.25) is 67.3 Å². The number of nitrogens with two attached hydrogens (primary N) is 7. The topological polar surface area (TPSA) is 615 Å². The molecule has 3 rings (SSSR count). The Labute approximate surface area is 627 Å². The fraction of sp³-hybridized carbons (Fsp3) is 0.571. The second-order valence-electron chi connectivity index (χ2n) is 26.4. The van der Waals surface area contributed by atoms with Crippen molar-refractivity contribution >= 4 is 100 Å². The number of carboxylic acids is 1. The van der Waals surface area contributed by atoms with Crippen LogP contribution in [0.4, 0.5) is 0 Å². The number of amides is 13. The molecule has 592 valence electrons. The quantitative estimate of drug-likeness (QED) is 0.0146. The van der Waals surface area contributed by atoms with Gasteiger partial charge in [0.2, 0.25) is 76.8 Å². The number of nitrogens with one attached hydrogen (secondary N) is 12. The van der Waals surface area contributed by atoms with E-state index in [0.29, 0.717) is 41.8 Å². The Bertz CT molecular complexity index is 3410. The minimum Gasteiger partial charge on any atom is -0.480 e. The number of hydrogen-bond acceptors (Lipinski definition) is 20. The largest absolute Gasteiger partial charge is 0.480 e. The maximum atomic E-state index is 14.9. The van der Waals surface area contributed by atoms with Gasteiger partial charge in [0.05, 0.1) is 18.8 Å². The number of aliphatic imine (C=N–C) groups is 1. The van der Waals surface area contributed by atoms with Crippen LogP contribution >= 0.6 is 11.8 Å². The second-order valence-corrected chi connectivity index (χ2v) is 27.4. The number of imidazole rings is 1. The van der Waals surface area contributed by atoms with Gasteiger partial charge in [-0.1, -0.05) is 94.8 Å². The van der Waals surface area contributed by atoms with Gasteiger partial charge in [0, 0.05) is 44.1 Å². The Morgan fingerprint density at radius 2 is 0.916 bits per heavy atom. The van der Waals surface area contributed by atoms with Gasteiger partial charge in [-0.25, -0.2) is 9.78 Å². The molecule has 0 fully saturated rings. The van der Waals surface area contributed by atoms with E-state index in [2.05, 4.69) is 73.4 Å². The van der Waals surface area contributed by atoms with Crippen LogP contribution in [0.25, 0.3) is 0 Å². The number of H-pyrrole nitrogens is 1. The SMILES string of the molecule is CC[C@H](C)[C@H](NC(=O)[C@H](Cc1ccccc1)NC(=O)[C@@H](NC(=O)[C@H](C)NC(=O)[C@H](CCSC)NC(=O)[C@@H](N)CCC(N)=O)C(C)C)C(=O)N[C@@H](Cc1cnc[nH]1)C(=O)N[C@@H](CC(N)=O)C(=O)N[C@@H](Cc1ccccc1)C(=O)N[C@@H](CCCCN)C(=O)N[C@@H](CCCN=C(N)N)C(=O)N[C@@H](CCCCN)C(=O)O. The average Bonchev–Trinajstić information content (AvgIpc) is 1.33. The number of nitrogens with zero attached hydrogens (tertiary/aromatic N) is 2. The van der Waals surface area contributed by atoms with E-state index >= 15 is 0 Å². The van der Waals surface area contributed by atoms with Gasteiger partial charge in [-0.15, -0.1) is 0 Å². The van der Waals surface area contributed by atoms with E-state index in [4.69, 9.17) is 40.1 Å². The van der Waals surface area contributed by atoms with Gasteiger partial charge < -0.3 is 109 Å². The van der Waals surface area contributed by atoms with E-state index in [-0.39, 0.29) is 103 Å². The number of aromatic amines is 1. The average molecular weight is 1520 g/mol. The number of unbranched alkanes of at least 4 members (excludes halogenated alkanes) is 2. The molecule has 0 saturated carbocycles. The molecule has 107 heavy (non-hydrogen) atoms. The predicted octanol–water partition coefficient (Wildman–Crippen LogP) is -3.89. The molecule has 0 radical (unpaired) electrons. The van der Waals surface area contributed by atoms with Crippen LogP contribution in [0.2, 0.25) is 0 Å². The molecule has 36 nitrogen and oxygen atoms in total. The number of carbonyl (C=O) groups is 14. The number of benzene rings is 2.